The van der Waals surface area contributed by atoms with Gasteiger partial charge >= 0.3 is 0 Å². The molecule has 2 radical (unpaired) electrons. The fraction of sp³-hybridized carbons (Fsp3) is 1.00. The molecule has 0 fully saturated rings. The van der Waals surface area contributed by atoms with E-state index in [0.29, 0.717) is 0 Å². The van der Waals surface area contributed by atoms with Crippen LogP contribution in [0.5, 0.6) is 0 Å². The highest BCUT2D eigenvalue weighted by atomic mass is 16.4. The molecule has 0 heterocycles. The van der Waals surface area contributed by atoms with E-state index < -0.39 is 0 Å². The molecule has 0 unspecified atom stereocenters. The lowest BCUT2D eigenvalue weighted by atomic mass is 9.99. The average molecular weight is 67.7 g/mol. The minimum atomic E-state index is 1.62. The molecule has 0 amide bonds. The van der Waals surface area contributed by atoms with Crippen LogP contribution in [0.3, 0.4) is 0 Å². The van der Waals surface area contributed by atoms with E-state index >= 15 is 0 Å². The first kappa shape index (κ1) is 5.09. The Balaban J connectivity index is 2.19. The Morgan fingerprint density at radius 3 is 1.60 bits per heavy atom. The topological polar surface area (TPSA) is 9.23 Å². The third-order valence-corrected chi connectivity index (χ3v) is 0.272. The van der Waals surface area contributed by atoms with Crippen molar-refractivity contribution in [3.05, 3.63) is 0 Å². The van der Waals surface area contributed by atoms with Crippen LogP contribution < -0.4 is 0 Å². The summed E-state index contributed by atoms with van der Waals surface area (Å²) in [5.41, 5.74) is 0. The van der Waals surface area contributed by atoms with E-state index in [2.05, 4.69) is 4.57 Å². The SMILES string of the molecule is C[B]O[B]C. The minimum Gasteiger partial charge on any atom is -0.506 e. The van der Waals surface area contributed by atoms with Gasteiger partial charge in [-0.1, -0.05) is 13.6 Å². The van der Waals surface area contributed by atoms with Gasteiger partial charge < -0.3 is 4.57 Å². The van der Waals surface area contributed by atoms with Crippen LogP contribution in [0.1, 0.15) is 0 Å². The van der Waals surface area contributed by atoms with Crippen LogP contribution in [0.25, 0.3) is 0 Å². The third-order valence-electron chi connectivity index (χ3n) is 0.272. The van der Waals surface area contributed by atoms with E-state index in [-0.39, 0.29) is 0 Å². The number of rotatable bonds is 2. The Morgan fingerprint density at radius 2 is 1.60 bits per heavy atom. The van der Waals surface area contributed by atoms with Crippen molar-refractivity contribution >= 4 is 15.0 Å². The van der Waals surface area contributed by atoms with Crippen LogP contribution in [-0.4, -0.2) is 15.0 Å². The summed E-state index contributed by atoms with van der Waals surface area (Å²) in [5.74, 6) is 0. The van der Waals surface area contributed by atoms with E-state index in [1.54, 1.807) is 15.0 Å². The monoisotopic (exact) mass is 68.1 g/mol. The molecule has 1 nitrogen and oxygen atoms in total. The highest BCUT2D eigenvalue weighted by molar-refractivity contribution is 6.40. The lowest BCUT2D eigenvalue weighted by molar-refractivity contribution is 0.652. The first-order valence-corrected chi connectivity index (χ1v) is 1.63. The Kier molecular flexibility index (Phi) is 4.16. The van der Waals surface area contributed by atoms with E-state index in [1.165, 1.54) is 0 Å². The van der Waals surface area contributed by atoms with Crippen molar-refractivity contribution in [2.24, 2.45) is 0 Å². The zero-order chi connectivity index (χ0) is 4.12. The first-order chi connectivity index (χ1) is 2.41. The maximum atomic E-state index is 4.58. The Bertz CT molecular complexity index is 15.1. The second-order valence-corrected chi connectivity index (χ2v) is 0.607. The molecule has 3 heteroatoms. The van der Waals surface area contributed by atoms with Gasteiger partial charge in [0.15, 0.2) is 0 Å². The molecule has 5 heavy (non-hydrogen) atoms. The van der Waals surface area contributed by atoms with Gasteiger partial charge in [0, 0.05) is 0 Å². The summed E-state index contributed by atoms with van der Waals surface area (Å²) < 4.78 is 4.58. The zero-order valence-electron chi connectivity index (χ0n) is 3.56. The molecule has 0 aliphatic carbocycles. The van der Waals surface area contributed by atoms with Gasteiger partial charge in [-0.2, -0.15) is 0 Å². The Hall–Kier alpha value is 0.0899. The molecular weight excluding hydrogens is 61.6 g/mol. The van der Waals surface area contributed by atoms with Crippen molar-refractivity contribution < 1.29 is 4.57 Å². The average Bonchev–Trinajstić information content (AvgIpc) is 1.41. The molecule has 0 atom stereocenters. The van der Waals surface area contributed by atoms with Crippen LogP contribution in [0.15, 0.2) is 0 Å². The summed E-state index contributed by atoms with van der Waals surface area (Å²) >= 11 is 0. The van der Waals surface area contributed by atoms with Crippen molar-refractivity contribution in [2.75, 3.05) is 0 Å². The molecule has 0 aromatic rings. The first-order valence-electron chi connectivity index (χ1n) is 1.63. The van der Waals surface area contributed by atoms with Crippen LogP contribution in [0, 0.1) is 0 Å². The summed E-state index contributed by atoms with van der Waals surface area (Å²) in [7, 11) is 3.25. The van der Waals surface area contributed by atoms with Crippen molar-refractivity contribution in [1.29, 1.82) is 0 Å². The van der Waals surface area contributed by atoms with Gasteiger partial charge in [-0.25, -0.2) is 0 Å². The van der Waals surface area contributed by atoms with E-state index in [4.69, 9.17) is 0 Å². The van der Waals surface area contributed by atoms with Crippen molar-refractivity contribution in [3.63, 3.8) is 0 Å². The van der Waals surface area contributed by atoms with Gasteiger partial charge in [-0.3, -0.25) is 0 Å². The van der Waals surface area contributed by atoms with Crippen molar-refractivity contribution in [2.45, 2.75) is 13.6 Å². The second kappa shape index (κ2) is 4.09. The standard InChI is InChI=1S/C2H6B2O/c1-3-5-4-2/h1-2H3. The van der Waals surface area contributed by atoms with Gasteiger partial charge in [-0.15, -0.1) is 0 Å². The van der Waals surface area contributed by atoms with Gasteiger partial charge in [0.2, 0.25) is 0 Å². The fourth-order valence-corrected chi connectivity index (χ4v) is 0.136. The molecule has 0 saturated carbocycles. The fourth-order valence-electron chi connectivity index (χ4n) is 0.136. The predicted octanol–water partition coefficient (Wildman–Crippen LogP) is 0.338. The van der Waals surface area contributed by atoms with Crippen LogP contribution in [0.4, 0.5) is 0 Å². The molecular formula is C2H6B2O. The zero-order valence-corrected chi connectivity index (χ0v) is 3.56. The van der Waals surface area contributed by atoms with Crippen molar-refractivity contribution in [1.82, 2.24) is 0 Å². The molecule has 0 rings (SSSR count). The van der Waals surface area contributed by atoms with Crippen molar-refractivity contribution in [3.8, 4) is 0 Å². The summed E-state index contributed by atoms with van der Waals surface area (Å²) in [6, 6.07) is 0. The quantitative estimate of drug-likeness (QED) is 0.423. The van der Waals surface area contributed by atoms with Crippen LogP contribution in [-0.2, 0) is 4.57 Å². The third kappa shape index (κ3) is 4.09. The summed E-state index contributed by atoms with van der Waals surface area (Å²) in [6.07, 6.45) is 0. The molecule has 0 aromatic heterocycles. The summed E-state index contributed by atoms with van der Waals surface area (Å²) in [4.78, 5) is 0. The highest BCUT2D eigenvalue weighted by Gasteiger charge is 1.73. The molecule has 0 spiro atoms. The summed E-state index contributed by atoms with van der Waals surface area (Å²) in [6.45, 7) is 3.67. The van der Waals surface area contributed by atoms with E-state index in [0.717, 1.165) is 0 Å². The molecule has 0 bridgehead atoms. The normalized spacial score (nSPS) is 6.80. The molecule has 0 saturated heterocycles. The lowest BCUT2D eigenvalue weighted by Crippen LogP contribution is -1.92. The maximum Gasteiger partial charge on any atom is 0.269 e. The smallest absolute Gasteiger partial charge is 0.269 e. The van der Waals surface area contributed by atoms with Gasteiger partial charge in [-0.05, 0) is 0 Å². The Labute approximate surface area is 34.3 Å². The minimum absolute atomic E-state index is 1.62. The Morgan fingerprint density at radius 1 is 1.20 bits per heavy atom. The second-order valence-electron chi connectivity index (χ2n) is 0.607. The van der Waals surface area contributed by atoms with Gasteiger partial charge in [0.05, 0.1) is 0 Å². The van der Waals surface area contributed by atoms with Crippen LogP contribution >= 0.6 is 0 Å². The molecule has 0 N–H and O–H groups in total. The molecule has 0 aromatic carbocycles. The largest absolute Gasteiger partial charge is 0.506 e. The molecule has 26 valence electrons. The maximum absolute atomic E-state index is 4.58. The number of hydrogen-bond acceptors (Lipinski definition) is 1. The lowest BCUT2D eigenvalue weighted by Gasteiger charge is -1.82. The van der Waals surface area contributed by atoms with Gasteiger partial charge in [0.1, 0.15) is 0 Å². The molecule has 0 aliphatic heterocycles. The summed E-state index contributed by atoms with van der Waals surface area (Å²) in [5, 5.41) is 0. The predicted molar refractivity (Wildman–Crippen MR) is 24.3 cm³/mol. The number of hydrogen-bond donors (Lipinski definition) is 0. The van der Waals surface area contributed by atoms with E-state index in [1.807, 2.05) is 13.6 Å². The highest BCUT2D eigenvalue weighted by Crippen LogP contribution is 1.58. The van der Waals surface area contributed by atoms with Gasteiger partial charge in [0.25, 0.3) is 15.0 Å². The molecule has 0 aliphatic rings. The van der Waals surface area contributed by atoms with E-state index in [9.17, 15) is 0 Å². The van der Waals surface area contributed by atoms with Crippen LogP contribution in [0.2, 0.25) is 13.6 Å².